The summed E-state index contributed by atoms with van der Waals surface area (Å²) in [6, 6.07) is 48.2. The first-order chi connectivity index (χ1) is 30.4. The highest BCUT2D eigenvalue weighted by Gasteiger charge is 2.20. The summed E-state index contributed by atoms with van der Waals surface area (Å²) in [5.41, 5.74) is 15.3. The molecule has 0 spiro atoms. The second kappa shape index (κ2) is 22.8. The van der Waals surface area contributed by atoms with E-state index in [1.54, 1.807) is 18.2 Å². The van der Waals surface area contributed by atoms with Crippen LogP contribution in [-0.4, -0.2) is 14.1 Å². The molecule has 0 atom stereocenters. The van der Waals surface area contributed by atoms with Crippen LogP contribution in [0.2, 0.25) is 0 Å². The van der Waals surface area contributed by atoms with Crippen LogP contribution in [0.3, 0.4) is 0 Å². The molecule has 0 fully saturated rings. The lowest BCUT2D eigenvalue weighted by molar-refractivity contribution is 1.04. The smallest absolute Gasteiger partial charge is 0.0367 e. The van der Waals surface area contributed by atoms with Crippen molar-refractivity contribution in [2.24, 2.45) is 5.73 Å². The zero-order chi connectivity index (χ0) is 43.5. The fourth-order valence-corrected chi connectivity index (χ4v) is 7.52. The minimum atomic E-state index is 0.648. The third kappa shape index (κ3) is 11.6. The van der Waals surface area contributed by atoms with Gasteiger partial charge in [-0.05, 0) is 133 Å². The van der Waals surface area contributed by atoms with Crippen LogP contribution in [0.15, 0.2) is 226 Å². The van der Waals surface area contributed by atoms with E-state index in [0.29, 0.717) is 5.70 Å². The normalized spacial score (nSPS) is 12.8. The van der Waals surface area contributed by atoms with Gasteiger partial charge < -0.3 is 10.6 Å². The lowest BCUT2D eigenvalue weighted by atomic mass is 9.82. The summed E-state index contributed by atoms with van der Waals surface area (Å²) in [5.74, 6) is 0. The van der Waals surface area contributed by atoms with Crippen LogP contribution in [0.1, 0.15) is 42.4 Å². The number of rotatable bonds is 8. The van der Waals surface area contributed by atoms with Gasteiger partial charge in [-0.2, -0.15) is 0 Å². The van der Waals surface area contributed by atoms with Crippen LogP contribution < -0.4 is 10.6 Å². The fourth-order valence-electron chi connectivity index (χ4n) is 7.52. The van der Waals surface area contributed by atoms with Crippen LogP contribution in [-0.2, 0) is 0 Å². The number of hydrogen-bond acceptors (Lipinski definition) is 2. The Bertz CT molecular complexity index is 2770. The number of nitrogens with zero attached hydrogens (tertiary/aromatic N) is 1. The number of fused-ring (bicyclic) bond motifs is 3. The van der Waals surface area contributed by atoms with Crippen LogP contribution in [0, 0.1) is 0 Å². The van der Waals surface area contributed by atoms with Gasteiger partial charge in [0.2, 0.25) is 0 Å². The van der Waals surface area contributed by atoms with E-state index in [2.05, 4.69) is 233 Å². The first kappa shape index (κ1) is 44.1. The molecule has 62 heavy (non-hydrogen) atoms. The maximum atomic E-state index is 5.26. The molecule has 7 aromatic carbocycles. The summed E-state index contributed by atoms with van der Waals surface area (Å²) in [7, 11) is 4.21. The molecule has 0 radical (unpaired) electrons. The average Bonchev–Trinajstić information content (AvgIpc) is 3.34. The molecule has 2 aliphatic rings. The second-order valence-corrected chi connectivity index (χ2v) is 15.2. The molecule has 2 N–H and O–H groups in total. The molecule has 2 heteroatoms. The van der Waals surface area contributed by atoms with Crippen LogP contribution in [0.4, 0.5) is 5.69 Å². The van der Waals surface area contributed by atoms with Gasteiger partial charge in [0.1, 0.15) is 0 Å². The first-order valence-electron chi connectivity index (χ1n) is 21.4. The summed E-state index contributed by atoms with van der Waals surface area (Å²) >= 11 is 0. The molecule has 0 saturated carbocycles. The quantitative estimate of drug-likeness (QED) is 0.122. The highest BCUT2D eigenvalue weighted by atomic mass is 15.1. The van der Waals surface area contributed by atoms with Crippen LogP contribution >= 0.6 is 0 Å². The molecule has 0 aromatic heterocycles. The van der Waals surface area contributed by atoms with Crippen molar-refractivity contribution in [2.75, 3.05) is 19.0 Å². The molecule has 308 valence electrons. The maximum absolute atomic E-state index is 5.26. The van der Waals surface area contributed by atoms with E-state index in [-0.39, 0.29) is 0 Å². The Morgan fingerprint density at radius 3 is 1.45 bits per heavy atom. The molecule has 0 unspecified atom stereocenters. The Morgan fingerprint density at radius 2 is 1.02 bits per heavy atom. The van der Waals surface area contributed by atoms with Crippen molar-refractivity contribution in [2.45, 2.75) is 25.7 Å². The van der Waals surface area contributed by atoms with Crippen molar-refractivity contribution in [3.05, 3.63) is 242 Å². The summed E-state index contributed by atoms with van der Waals surface area (Å²) in [4.78, 5) is 2.18. The van der Waals surface area contributed by atoms with Gasteiger partial charge in [-0.3, -0.25) is 0 Å². The molecule has 0 heterocycles. The summed E-state index contributed by atoms with van der Waals surface area (Å²) in [5, 5.41) is 7.38. The average molecular weight is 807 g/mol. The van der Waals surface area contributed by atoms with Gasteiger partial charge in [-0.15, -0.1) is 0 Å². The van der Waals surface area contributed by atoms with E-state index >= 15 is 0 Å². The zero-order valence-electron chi connectivity index (χ0n) is 36.3. The predicted octanol–water partition coefficient (Wildman–Crippen LogP) is 16.3. The Labute approximate surface area is 369 Å². The highest BCUT2D eigenvalue weighted by Crippen LogP contribution is 2.45. The fraction of sp³-hybridized carbons (Fsp3) is 0.100. The van der Waals surface area contributed by atoms with E-state index in [9.17, 15) is 0 Å². The molecular weight excluding hydrogens is 749 g/mol. The maximum Gasteiger partial charge on any atom is 0.0367 e. The van der Waals surface area contributed by atoms with E-state index in [1.165, 1.54) is 91.5 Å². The van der Waals surface area contributed by atoms with Crippen molar-refractivity contribution >= 4 is 56.2 Å². The summed E-state index contributed by atoms with van der Waals surface area (Å²) in [6.45, 7) is 11.3. The first-order valence-corrected chi connectivity index (χ1v) is 21.4. The largest absolute Gasteiger partial charge is 0.399 e. The number of allylic oxidation sites excluding steroid dienone is 11. The number of anilines is 1. The van der Waals surface area contributed by atoms with Gasteiger partial charge in [-0.1, -0.05) is 202 Å². The minimum Gasteiger partial charge on any atom is -0.399 e. The standard InChI is InChI=1S/C42H33N.C6H9N.2C6H8/c1-4-37-38(24-18-29-12-6-5-7-13-29)42(35-22-20-31-15-9-11-17-33(31)27-35)40-28-36(43(2)3)23-25-39(40)41(37)34-21-19-30-14-8-10-16-32(30)26-34;1-3-5-6(7)4-2;2*1-2-4-6-5-3-1/h4-28H,1H2,2-3H3;3-5H,1-2,7H2;2*1-4H,5-6H2/b24-18-;6-5+;;. The molecule has 2 aliphatic carbocycles. The third-order valence-corrected chi connectivity index (χ3v) is 10.7. The Kier molecular flexibility index (Phi) is 16.2. The highest BCUT2D eigenvalue weighted by molar-refractivity contribution is 6.14. The van der Waals surface area contributed by atoms with Crippen molar-refractivity contribution in [1.82, 2.24) is 0 Å². The molecule has 0 saturated heterocycles. The minimum absolute atomic E-state index is 0.648. The Morgan fingerprint density at radius 1 is 0.516 bits per heavy atom. The van der Waals surface area contributed by atoms with Crippen molar-refractivity contribution in [3.63, 3.8) is 0 Å². The van der Waals surface area contributed by atoms with E-state index in [4.69, 9.17) is 5.73 Å². The van der Waals surface area contributed by atoms with Gasteiger partial charge >= 0.3 is 0 Å². The molecule has 9 rings (SSSR count). The van der Waals surface area contributed by atoms with Crippen molar-refractivity contribution < 1.29 is 0 Å². The molecule has 7 aromatic rings. The molecular formula is C60H58N2. The van der Waals surface area contributed by atoms with Gasteiger partial charge in [0.25, 0.3) is 0 Å². The second-order valence-electron chi connectivity index (χ2n) is 15.2. The van der Waals surface area contributed by atoms with E-state index in [0.717, 1.165) is 11.1 Å². The molecule has 0 bridgehead atoms. The van der Waals surface area contributed by atoms with Gasteiger partial charge in [-0.25, -0.2) is 0 Å². The van der Waals surface area contributed by atoms with Gasteiger partial charge in [0.15, 0.2) is 0 Å². The third-order valence-electron chi connectivity index (χ3n) is 10.7. The zero-order valence-corrected chi connectivity index (χ0v) is 36.3. The van der Waals surface area contributed by atoms with Gasteiger partial charge in [0.05, 0.1) is 0 Å². The monoisotopic (exact) mass is 806 g/mol. The van der Waals surface area contributed by atoms with Gasteiger partial charge in [0, 0.05) is 25.5 Å². The number of hydrogen-bond donors (Lipinski definition) is 1. The summed E-state index contributed by atoms with van der Waals surface area (Å²) < 4.78 is 0. The molecule has 2 nitrogen and oxygen atoms in total. The van der Waals surface area contributed by atoms with Crippen LogP contribution in [0.5, 0.6) is 0 Å². The number of benzene rings is 7. The summed E-state index contributed by atoms with van der Waals surface area (Å²) in [6.07, 6.45) is 33.4. The topological polar surface area (TPSA) is 29.3 Å². The Hall–Kier alpha value is -7.42. The van der Waals surface area contributed by atoms with Crippen molar-refractivity contribution in [3.8, 4) is 22.3 Å². The predicted molar refractivity (Wildman–Crippen MR) is 277 cm³/mol. The Balaban J connectivity index is 0.000000278. The molecule has 0 amide bonds. The number of nitrogens with two attached hydrogens (primary N) is 1. The lowest BCUT2D eigenvalue weighted by Crippen LogP contribution is -2.08. The SMILES string of the molecule is C1=CCCC=C1.C1=CCCC=C1.C=C/C=C(/N)C=C.C=Cc1c(/C=C\c2ccccc2)c(-c2ccc3ccccc3c2)c2cc(N(C)C)ccc2c1-c1ccc2ccccc2c1. The van der Waals surface area contributed by atoms with E-state index in [1.807, 2.05) is 6.08 Å². The van der Waals surface area contributed by atoms with Crippen LogP contribution in [0.25, 0.3) is 72.8 Å². The molecule has 0 aliphatic heterocycles. The van der Waals surface area contributed by atoms with E-state index < -0.39 is 0 Å². The lowest BCUT2D eigenvalue weighted by Gasteiger charge is -2.23. The van der Waals surface area contributed by atoms with Crippen molar-refractivity contribution in [1.29, 1.82) is 0 Å².